The van der Waals surface area contributed by atoms with Crippen LogP contribution >= 0.6 is 0 Å². The molecule has 2 aliphatic carbocycles. The van der Waals surface area contributed by atoms with Gasteiger partial charge in [-0.2, -0.15) is 0 Å². The molecular weight excluding hydrogens is 356 g/mol. The summed E-state index contributed by atoms with van der Waals surface area (Å²) < 4.78 is 11.4. The van der Waals surface area contributed by atoms with E-state index in [4.69, 9.17) is 9.47 Å². The summed E-state index contributed by atoms with van der Waals surface area (Å²) in [6.45, 7) is 6.14. The number of allylic oxidation sites excluding steroid dienone is 3. The fourth-order valence-corrected chi connectivity index (χ4v) is 4.80. The van der Waals surface area contributed by atoms with E-state index in [9.17, 15) is 14.7 Å². The Morgan fingerprint density at radius 3 is 2.89 bits per heavy atom. The number of carbonyl (C=O) groups excluding carboxylic acids is 2. The summed E-state index contributed by atoms with van der Waals surface area (Å²) in [5, 5.41) is 9.86. The van der Waals surface area contributed by atoms with Gasteiger partial charge in [0.15, 0.2) is 0 Å². The zero-order valence-corrected chi connectivity index (χ0v) is 17.3. The van der Waals surface area contributed by atoms with Gasteiger partial charge in [0, 0.05) is 12.3 Å². The van der Waals surface area contributed by atoms with E-state index in [0.29, 0.717) is 18.3 Å². The van der Waals surface area contributed by atoms with Gasteiger partial charge in [0.2, 0.25) is 0 Å². The summed E-state index contributed by atoms with van der Waals surface area (Å²) in [5.41, 5.74) is 1.27. The lowest BCUT2D eigenvalue weighted by Crippen LogP contribution is -2.40. The number of aliphatic hydroxyl groups is 1. The molecule has 0 aromatic heterocycles. The molecule has 1 fully saturated rings. The Morgan fingerprint density at radius 2 is 2.18 bits per heavy atom. The van der Waals surface area contributed by atoms with Crippen LogP contribution in [0.4, 0.5) is 0 Å². The Bertz CT molecular complexity index is 637. The van der Waals surface area contributed by atoms with E-state index in [-0.39, 0.29) is 42.4 Å². The number of carbonyl (C=O) groups is 2. The van der Waals surface area contributed by atoms with Crippen LogP contribution in [-0.2, 0) is 19.1 Å². The van der Waals surface area contributed by atoms with E-state index in [1.165, 1.54) is 5.57 Å². The maximum absolute atomic E-state index is 12.4. The molecule has 3 aliphatic rings. The first-order valence-corrected chi connectivity index (χ1v) is 10.8. The van der Waals surface area contributed by atoms with Crippen molar-refractivity contribution in [1.29, 1.82) is 0 Å². The van der Waals surface area contributed by atoms with E-state index in [1.54, 1.807) is 0 Å². The average Bonchev–Trinajstić information content (AvgIpc) is 2.66. The van der Waals surface area contributed by atoms with Crippen LogP contribution < -0.4 is 0 Å². The van der Waals surface area contributed by atoms with Crippen LogP contribution in [0, 0.1) is 23.7 Å². The molecule has 0 amide bonds. The second-order valence-corrected chi connectivity index (χ2v) is 8.76. The third-order valence-corrected chi connectivity index (χ3v) is 6.69. The lowest BCUT2D eigenvalue weighted by molar-refractivity contribution is -0.162. The van der Waals surface area contributed by atoms with Crippen LogP contribution in [0.15, 0.2) is 23.8 Å². The highest BCUT2D eigenvalue weighted by atomic mass is 16.5. The normalized spacial score (nSPS) is 36.1. The first kappa shape index (κ1) is 21.1. The number of hydrogen-bond donors (Lipinski definition) is 1. The molecule has 3 rings (SSSR count). The first-order chi connectivity index (χ1) is 13.4. The molecule has 0 bridgehead atoms. The van der Waals surface area contributed by atoms with Crippen LogP contribution in [0.3, 0.4) is 0 Å². The minimum Gasteiger partial charge on any atom is -0.462 e. The van der Waals surface area contributed by atoms with Gasteiger partial charge in [-0.25, -0.2) is 0 Å². The Hall–Kier alpha value is -1.62. The molecule has 0 saturated carbocycles. The predicted octanol–water partition coefficient (Wildman–Crippen LogP) is 3.95. The molecule has 1 saturated heterocycles. The molecule has 1 aliphatic heterocycles. The Morgan fingerprint density at radius 1 is 1.39 bits per heavy atom. The number of esters is 2. The summed E-state index contributed by atoms with van der Waals surface area (Å²) in [6, 6.07) is 0. The maximum atomic E-state index is 12.4. The molecule has 1 N–H and O–H groups in total. The molecular formula is C23H34O5. The third kappa shape index (κ3) is 4.86. The molecule has 7 atom stereocenters. The van der Waals surface area contributed by atoms with Crippen molar-refractivity contribution in [3.8, 4) is 0 Å². The van der Waals surface area contributed by atoms with Gasteiger partial charge in [0.25, 0.3) is 0 Å². The molecule has 0 aromatic rings. The highest BCUT2D eigenvalue weighted by Gasteiger charge is 2.40. The fraction of sp³-hybridized carbons (Fsp3) is 0.739. The molecule has 5 heteroatoms. The van der Waals surface area contributed by atoms with Gasteiger partial charge < -0.3 is 14.6 Å². The SMILES string of the molecule is CC[C@H](C)C(=O)O[C@@H]1CCC=C2C=C[C@H](C)[C@@H](CC[C@H]3C[C@@H](O)CC(=O)O3)[C@H]21. The molecule has 0 unspecified atom stereocenters. The van der Waals surface area contributed by atoms with Crippen molar-refractivity contribution in [2.45, 2.75) is 84.0 Å². The minimum atomic E-state index is -0.593. The molecule has 5 nitrogen and oxygen atoms in total. The van der Waals surface area contributed by atoms with Crippen LogP contribution in [-0.4, -0.2) is 35.4 Å². The zero-order valence-electron chi connectivity index (χ0n) is 17.3. The molecule has 28 heavy (non-hydrogen) atoms. The van der Waals surface area contributed by atoms with Gasteiger partial charge in [-0.15, -0.1) is 0 Å². The Kier molecular flexibility index (Phi) is 6.97. The Balaban J connectivity index is 1.70. The number of cyclic esters (lactones) is 1. The van der Waals surface area contributed by atoms with E-state index in [1.807, 2.05) is 13.8 Å². The number of rotatable bonds is 6. The van der Waals surface area contributed by atoms with Gasteiger partial charge >= 0.3 is 11.9 Å². The molecule has 156 valence electrons. The van der Waals surface area contributed by atoms with E-state index in [0.717, 1.165) is 32.1 Å². The van der Waals surface area contributed by atoms with Crippen molar-refractivity contribution in [2.75, 3.05) is 0 Å². The number of fused-ring (bicyclic) bond motifs is 1. The summed E-state index contributed by atoms with van der Waals surface area (Å²) in [7, 11) is 0. The maximum Gasteiger partial charge on any atom is 0.308 e. The van der Waals surface area contributed by atoms with Gasteiger partial charge in [-0.05, 0) is 49.5 Å². The van der Waals surface area contributed by atoms with E-state index >= 15 is 0 Å². The largest absolute Gasteiger partial charge is 0.462 e. The fourth-order valence-electron chi connectivity index (χ4n) is 4.80. The summed E-state index contributed by atoms with van der Waals surface area (Å²) in [4.78, 5) is 24.1. The highest BCUT2D eigenvalue weighted by Crippen LogP contribution is 2.44. The summed E-state index contributed by atoms with van der Waals surface area (Å²) in [5.74, 6) is 0.426. The molecule has 0 aromatic carbocycles. The van der Waals surface area contributed by atoms with Gasteiger partial charge in [0.05, 0.1) is 18.4 Å². The second-order valence-electron chi connectivity index (χ2n) is 8.76. The van der Waals surface area contributed by atoms with Crippen molar-refractivity contribution in [2.24, 2.45) is 23.7 Å². The monoisotopic (exact) mass is 390 g/mol. The zero-order chi connectivity index (χ0) is 20.3. The molecule has 0 spiro atoms. The summed E-state index contributed by atoms with van der Waals surface area (Å²) >= 11 is 0. The van der Waals surface area contributed by atoms with Gasteiger partial charge in [-0.3, -0.25) is 9.59 Å². The standard InChI is InChI=1S/C23H34O5/c1-4-14(2)23(26)28-20-7-5-6-16-9-8-15(3)19(22(16)20)11-10-18-12-17(24)13-21(25)27-18/h6,8-9,14-15,17-20,22,24H,4-5,7,10-13H2,1-3H3/t14-,15-,17+,18-,19+,20+,22-/m0/s1. The summed E-state index contributed by atoms with van der Waals surface area (Å²) in [6.07, 6.45) is 10.6. The van der Waals surface area contributed by atoms with Gasteiger partial charge in [0.1, 0.15) is 12.2 Å². The van der Waals surface area contributed by atoms with Crippen LogP contribution in [0.5, 0.6) is 0 Å². The minimum absolute atomic E-state index is 0.0764. The van der Waals surface area contributed by atoms with E-state index < -0.39 is 6.10 Å². The quantitative estimate of drug-likeness (QED) is 0.695. The Labute approximate surface area is 168 Å². The topological polar surface area (TPSA) is 72.8 Å². The lowest BCUT2D eigenvalue weighted by Gasteiger charge is -2.42. The average molecular weight is 391 g/mol. The van der Waals surface area contributed by atoms with Crippen molar-refractivity contribution >= 4 is 11.9 Å². The van der Waals surface area contributed by atoms with Crippen LogP contribution in [0.1, 0.15) is 65.7 Å². The molecule has 1 heterocycles. The van der Waals surface area contributed by atoms with Crippen molar-refractivity contribution in [3.05, 3.63) is 23.8 Å². The predicted molar refractivity (Wildman–Crippen MR) is 106 cm³/mol. The number of hydrogen-bond acceptors (Lipinski definition) is 5. The van der Waals surface area contributed by atoms with Crippen molar-refractivity contribution in [1.82, 2.24) is 0 Å². The van der Waals surface area contributed by atoms with Crippen LogP contribution in [0.25, 0.3) is 0 Å². The van der Waals surface area contributed by atoms with Crippen molar-refractivity contribution in [3.63, 3.8) is 0 Å². The smallest absolute Gasteiger partial charge is 0.308 e. The van der Waals surface area contributed by atoms with Crippen molar-refractivity contribution < 1.29 is 24.2 Å². The van der Waals surface area contributed by atoms with Crippen LogP contribution in [0.2, 0.25) is 0 Å². The first-order valence-electron chi connectivity index (χ1n) is 10.8. The lowest BCUT2D eigenvalue weighted by atomic mass is 9.66. The highest BCUT2D eigenvalue weighted by molar-refractivity contribution is 5.72. The number of ether oxygens (including phenoxy) is 2. The second kappa shape index (κ2) is 9.25. The number of aliphatic hydroxyl groups excluding tert-OH is 1. The van der Waals surface area contributed by atoms with Gasteiger partial charge in [-0.1, -0.05) is 39.0 Å². The third-order valence-electron chi connectivity index (χ3n) is 6.69. The van der Waals surface area contributed by atoms with E-state index in [2.05, 4.69) is 25.2 Å². The molecule has 0 radical (unpaired) electrons.